The maximum atomic E-state index is 11.0. The van der Waals surface area contributed by atoms with E-state index >= 15 is 0 Å². The molecule has 3 N–H and O–H groups in total. The molecular formula is C10H16N2O2S. The van der Waals surface area contributed by atoms with Crippen molar-refractivity contribution in [1.29, 1.82) is 0 Å². The lowest BCUT2D eigenvalue weighted by Crippen LogP contribution is -2.11. The standard InChI is InChI=1S/C10H16N2O2S/c1-7-6-9(8(2)11)4-5-10(7)12-15(3,13)14/h4-6,8,12H,11H2,1-3H3/t8-/m0/s1. The predicted octanol–water partition coefficient (Wildman–Crippen LogP) is 1.39. The molecule has 0 bridgehead atoms. The van der Waals surface area contributed by atoms with Crippen molar-refractivity contribution in [3.8, 4) is 0 Å². The molecule has 0 aliphatic carbocycles. The van der Waals surface area contributed by atoms with Gasteiger partial charge in [0.1, 0.15) is 0 Å². The van der Waals surface area contributed by atoms with Crippen LogP contribution in [0.5, 0.6) is 0 Å². The van der Waals surface area contributed by atoms with Crippen LogP contribution in [0.15, 0.2) is 18.2 Å². The number of nitrogens with two attached hydrogens (primary N) is 1. The van der Waals surface area contributed by atoms with Crippen molar-refractivity contribution >= 4 is 15.7 Å². The van der Waals surface area contributed by atoms with Crippen LogP contribution in [0.3, 0.4) is 0 Å². The molecule has 0 amide bonds. The van der Waals surface area contributed by atoms with Gasteiger partial charge in [-0.15, -0.1) is 0 Å². The molecular weight excluding hydrogens is 212 g/mol. The topological polar surface area (TPSA) is 72.2 Å². The van der Waals surface area contributed by atoms with Crippen molar-refractivity contribution in [2.45, 2.75) is 19.9 Å². The summed E-state index contributed by atoms with van der Waals surface area (Å²) in [5.41, 5.74) is 8.18. The van der Waals surface area contributed by atoms with Crippen LogP contribution in [0.1, 0.15) is 24.1 Å². The van der Waals surface area contributed by atoms with Crippen molar-refractivity contribution in [2.24, 2.45) is 5.73 Å². The Bertz CT molecular complexity index is 452. The Morgan fingerprint density at radius 3 is 2.40 bits per heavy atom. The fraction of sp³-hybridized carbons (Fsp3) is 0.400. The third-order valence-corrected chi connectivity index (χ3v) is 2.66. The molecule has 0 fully saturated rings. The van der Waals surface area contributed by atoms with E-state index in [0.29, 0.717) is 5.69 Å². The summed E-state index contributed by atoms with van der Waals surface area (Å²) in [6.07, 6.45) is 1.13. The molecule has 0 aromatic heterocycles. The summed E-state index contributed by atoms with van der Waals surface area (Å²) in [4.78, 5) is 0. The molecule has 0 saturated heterocycles. The summed E-state index contributed by atoms with van der Waals surface area (Å²) in [6.45, 7) is 3.73. The van der Waals surface area contributed by atoms with Crippen LogP contribution in [0.25, 0.3) is 0 Å². The van der Waals surface area contributed by atoms with E-state index in [0.717, 1.165) is 17.4 Å². The van der Waals surface area contributed by atoms with Crippen LogP contribution in [-0.2, 0) is 10.0 Å². The molecule has 1 rings (SSSR count). The normalized spacial score (nSPS) is 13.6. The fourth-order valence-electron chi connectivity index (χ4n) is 1.28. The Morgan fingerprint density at radius 1 is 1.40 bits per heavy atom. The zero-order chi connectivity index (χ0) is 11.6. The average Bonchev–Trinajstić information content (AvgIpc) is 2.05. The van der Waals surface area contributed by atoms with Crippen LogP contribution in [0, 0.1) is 6.92 Å². The highest BCUT2D eigenvalue weighted by Crippen LogP contribution is 2.20. The lowest BCUT2D eigenvalue weighted by Gasteiger charge is -2.11. The first kappa shape index (κ1) is 12.0. The minimum Gasteiger partial charge on any atom is -0.324 e. The maximum Gasteiger partial charge on any atom is 0.229 e. The van der Waals surface area contributed by atoms with Gasteiger partial charge in [0.15, 0.2) is 0 Å². The second-order valence-corrected chi connectivity index (χ2v) is 5.49. The molecule has 0 heterocycles. The van der Waals surface area contributed by atoms with Gasteiger partial charge < -0.3 is 5.73 Å². The van der Waals surface area contributed by atoms with Crippen LogP contribution < -0.4 is 10.5 Å². The van der Waals surface area contributed by atoms with E-state index in [1.807, 2.05) is 26.0 Å². The van der Waals surface area contributed by atoms with Gasteiger partial charge in [-0.2, -0.15) is 0 Å². The van der Waals surface area contributed by atoms with Crippen molar-refractivity contribution in [3.63, 3.8) is 0 Å². The van der Waals surface area contributed by atoms with Crippen LogP contribution in [-0.4, -0.2) is 14.7 Å². The van der Waals surface area contributed by atoms with Crippen LogP contribution >= 0.6 is 0 Å². The first-order chi connectivity index (χ1) is 6.79. The fourth-order valence-corrected chi connectivity index (χ4v) is 1.91. The molecule has 1 aromatic carbocycles. The van der Waals surface area contributed by atoms with Crippen molar-refractivity contribution in [2.75, 3.05) is 11.0 Å². The summed E-state index contributed by atoms with van der Waals surface area (Å²) < 4.78 is 24.5. The highest BCUT2D eigenvalue weighted by molar-refractivity contribution is 7.92. The molecule has 0 aliphatic heterocycles. The SMILES string of the molecule is Cc1cc([C@H](C)N)ccc1NS(C)(=O)=O. The van der Waals surface area contributed by atoms with Crippen molar-refractivity contribution < 1.29 is 8.42 Å². The van der Waals surface area contributed by atoms with E-state index in [2.05, 4.69) is 4.72 Å². The lowest BCUT2D eigenvalue weighted by atomic mass is 10.1. The Morgan fingerprint density at radius 2 is 2.00 bits per heavy atom. The van der Waals surface area contributed by atoms with E-state index in [4.69, 9.17) is 5.73 Å². The maximum absolute atomic E-state index is 11.0. The minimum absolute atomic E-state index is 0.0454. The molecule has 0 unspecified atom stereocenters. The van der Waals surface area contributed by atoms with E-state index in [1.54, 1.807) is 6.07 Å². The summed E-state index contributed by atoms with van der Waals surface area (Å²) >= 11 is 0. The number of hydrogen-bond donors (Lipinski definition) is 2. The Labute approximate surface area is 90.5 Å². The molecule has 5 heteroatoms. The summed E-state index contributed by atoms with van der Waals surface area (Å²) in [5.74, 6) is 0. The lowest BCUT2D eigenvalue weighted by molar-refractivity contribution is 0.607. The summed E-state index contributed by atoms with van der Waals surface area (Å²) in [7, 11) is -3.21. The third-order valence-electron chi connectivity index (χ3n) is 2.07. The van der Waals surface area contributed by atoms with Crippen LogP contribution in [0.4, 0.5) is 5.69 Å². The molecule has 0 aliphatic rings. The van der Waals surface area contributed by atoms with E-state index in [9.17, 15) is 8.42 Å². The highest BCUT2D eigenvalue weighted by Gasteiger charge is 2.06. The van der Waals surface area contributed by atoms with Gasteiger partial charge >= 0.3 is 0 Å². The van der Waals surface area contributed by atoms with Gasteiger partial charge in [-0.3, -0.25) is 4.72 Å². The summed E-state index contributed by atoms with van der Waals surface area (Å²) in [6, 6.07) is 5.40. The first-order valence-electron chi connectivity index (χ1n) is 4.63. The van der Waals surface area contributed by atoms with E-state index in [-0.39, 0.29) is 6.04 Å². The number of aryl methyl sites for hydroxylation is 1. The number of sulfonamides is 1. The monoisotopic (exact) mass is 228 g/mol. The minimum atomic E-state index is -3.21. The largest absolute Gasteiger partial charge is 0.324 e. The predicted molar refractivity (Wildman–Crippen MR) is 62.2 cm³/mol. The molecule has 0 spiro atoms. The molecule has 4 nitrogen and oxygen atoms in total. The van der Waals surface area contributed by atoms with Gasteiger partial charge in [-0.25, -0.2) is 8.42 Å². The van der Waals surface area contributed by atoms with Gasteiger partial charge in [0.2, 0.25) is 10.0 Å². The van der Waals surface area contributed by atoms with E-state index in [1.165, 1.54) is 0 Å². The Balaban J connectivity index is 3.04. The Hall–Kier alpha value is -1.07. The number of hydrogen-bond acceptors (Lipinski definition) is 3. The van der Waals surface area contributed by atoms with Crippen molar-refractivity contribution in [1.82, 2.24) is 0 Å². The quantitative estimate of drug-likeness (QED) is 0.821. The average molecular weight is 228 g/mol. The number of anilines is 1. The van der Waals surface area contributed by atoms with Gasteiger partial charge in [0.05, 0.1) is 11.9 Å². The molecule has 1 aromatic rings. The Kier molecular flexibility index (Phi) is 3.36. The first-order valence-corrected chi connectivity index (χ1v) is 6.52. The van der Waals surface area contributed by atoms with Gasteiger partial charge in [-0.1, -0.05) is 12.1 Å². The molecule has 84 valence electrons. The molecule has 0 saturated carbocycles. The highest BCUT2D eigenvalue weighted by atomic mass is 32.2. The second-order valence-electron chi connectivity index (χ2n) is 3.74. The van der Waals surface area contributed by atoms with Gasteiger partial charge in [0, 0.05) is 6.04 Å². The van der Waals surface area contributed by atoms with Gasteiger partial charge in [-0.05, 0) is 31.0 Å². The number of benzene rings is 1. The van der Waals surface area contributed by atoms with E-state index < -0.39 is 10.0 Å². The van der Waals surface area contributed by atoms with Crippen molar-refractivity contribution in [3.05, 3.63) is 29.3 Å². The third kappa shape index (κ3) is 3.53. The number of rotatable bonds is 3. The summed E-state index contributed by atoms with van der Waals surface area (Å²) in [5, 5.41) is 0. The molecule has 1 atom stereocenters. The molecule has 0 radical (unpaired) electrons. The zero-order valence-corrected chi connectivity index (χ0v) is 9.93. The van der Waals surface area contributed by atoms with Crippen LogP contribution in [0.2, 0.25) is 0 Å². The number of nitrogens with one attached hydrogen (secondary N) is 1. The second kappa shape index (κ2) is 4.20. The van der Waals surface area contributed by atoms with Gasteiger partial charge in [0.25, 0.3) is 0 Å². The smallest absolute Gasteiger partial charge is 0.229 e. The zero-order valence-electron chi connectivity index (χ0n) is 9.11. The molecule has 15 heavy (non-hydrogen) atoms.